The second-order valence-electron chi connectivity index (χ2n) is 15.4. The minimum absolute atomic E-state index is 0.997. The van der Waals surface area contributed by atoms with E-state index >= 15 is 0 Å². The summed E-state index contributed by atoms with van der Waals surface area (Å²) in [7, 11) is 0. The summed E-state index contributed by atoms with van der Waals surface area (Å²) in [4.78, 5) is 2.50. The number of aryl methyl sites for hydroxylation is 2. The van der Waals surface area contributed by atoms with E-state index in [4.69, 9.17) is 0 Å². The molecular weight excluding hydrogens is 687 g/mol. The number of fused-ring (bicyclic) bond motifs is 8. The molecule has 0 unspecified atom stereocenters. The highest BCUT2D eigenvalue weighted by molar-refractivity contribution is 6.25. The van der Waals surface area contributed by atoms with E-state index in [1.54, 1.807) is 0 Å². The zero-order valence-corrected chi connectivity index (χ0v) is 31.8. The molecule has 0 N–H and O–H groups in total. The van der Waals surface area contributed by atoms with Crippen molar-refractivity contribution >= 4 is 61.5 Å². The first-order valence-corrected chi connectivity index (χ1v) is 20.3. The molecule has 57 heavy (non-hydrogen) atoms. The van der Waals surface area contributed by atoms with Crippen LogP contribution in [0.3, 0.4) is 0 Å². The van der Waals surface area contributed by atoms with Gasteiger partial charge in [-0.1, -0.05) is 164 Å². The van der Waals surface area contributed by atoms with Gasteiger partial charge < -0.3 is 4.90 Å². The molecule has 9 aromatic carbocycles. The third kappa shape index (κ3) is 5.69. The van der Waals surface area contributed by atoms with Crippen molar-refractivity contribution in [1.82, 2.24) is 0 Å². The Bertz CT molecular complexity index is 3040. The Morgan fingerprint density at radius 3 is 1.88 bits per heavy atom. The van der Waals surface area contributed by atoms with Crippen molar-refractivity contribution in [3.63, 3.8) is 0 Å². The van der Waals surface area contributed by atoms with E-state index in [0.717, 1.165) is 25.7 Å². The van der Waals surface area contributed by atoms with Crippen LogP contribution in [0.2, 0.25) is 0 Å². The van der Waals surface area contributed by atoms with Crippen molar-refractivity contribution in [2.45, 2.75) is 25.7 Å². The summed E-state index contributed by atoms with van der Waals surface area (Å²) in [6.45, 7) is 0. The Balaban J connectivity index is 1.27. The topological polar surface area (TPSA) is 3.24 Å². The van der Waals surface area contributed by atoms with Gasteiger partial charge in [0.15, 0.2) is 0 Å². The third-order valence-electron chi connectivity index (χ3n) is 12.1. The Labute approximate surface area is 334 Å². The van der Waals surface area contributed by atoms with Crippen LogP contribution in [0.4, 0.5) is 17.1 Å². The number of rotatable bonds is 6. The molecular formula is C56H41N. The molecule has 0 spiro atoms. The lowest BCUT2D eigenvalue weighted by molar-refractivity contribution is 0.984. The molecule has 1 heteroatoms. The smallest absolute Gasteiger partial charge is 0.0540 e. The number of hydrogen-bond donors (Lipinski definition) is 0. The van der Waals surface area contributed by atoms with Gasteiger partial charge in [-0.25, -0.2) is 0 Å². The van der Waals surface area contributed by atoms with Crippen LogP contribution in [0.15, 0.2) is 188 Å². The van der Waals surface area contributed by atoms with E-state index in [1.165, 1.54) is 105 Å². The molecule has 0 saturated carbocycles. The van der Waals surface area contributed by atoms with E-state index in [0.29, 0.717) is 0 Å². The van der Waals surface area contributed by atoms with Crippen molar-refractivity contribution < 1.29 is 0 Å². The van der Waals surface area contributed by atoms with Crippen LogP contribution in [-0.2, 0) is 12.8 Å². The molecule has 0 bridgehead atoms. The molecule has 0 saturated heterocycles. The largest absolute Gasteiger partial charge is 0.310 e. The van der Waals surface area contributed by atoms with E-state index < -0.39 is 0 Å². The molecule has 270 valence electrons. The molecule has 0 aliphatic heterocycles. The molecule has 1 nitrogen and oxygen atoms in total. The maximum Gasteiger partial charge on any atom is 0.0540 e. The highest BCUT2D eigenvalue weighted by Crippen LogP contribution is 2.51. The van der Waals surface area contributed by atoms with Crippen LogP contribution in [0, 0.1) is 0 Å². The maximum atomic E-state index is 2.50. The standard InChI is InChI=1S/C56H41N/c1-4-18-40(19-5-1)50-37-51(41-20-6-2-7-21-41)55-48-29-15-14-28-47(48)52-36-45(33-34-49(52)56(55)54(50)42-23-8-3-9-24-42)57(44-32-31-38-17-10-11-25-43(38)35-44)53-30-16-26-39-22-12-13-27-46(39)53/h1-10,12-13,15-24,26-27,29-37H,11,14,25,28H2. The Morgan fingerprint density at radius 1 is 0.421 bits per heavy atom. The molecule has 2 aliphatic carbocycles. The Hall–Kier alpha value is -6.96. The van der Waals surface area contributed by atoms with Gasteiger partial charge in [0, 0.05) is 16.8 Å². The molecule has 2 aliphatic rings. The summed E-state index contributed by atoms with van der Waals surface area (Å²) >= 11 is 0. The number of benzene rings is 9. The summed E-state index contributed by atoms with van der Waals surface area (Å²) in [6, 6.07) is 65.3. The van der Waals surface area contributed by atoms with E-state index in [9.17, 15) is 0 Å². The number of anilines is 3. The minimum atomic E-state index is 0.997. The first-order chi connectivity index (χ1) is 28.3. The van der Waals surface area contributed by atoms with Gasteiger partial charge in [-0.05, 0) is 145 Å². The van der Waals surface area contributed by atoms with Crippen LogP contribution in [0.5, 0.6) is 0 Å². The van der Waals surface area contributed by atoms with Crippen molar-refractivity contribution in [1.29, 1.82) is 0 Å². The molecule has 0 heterocycles. The monoisotopic (exact) mass is 727 g/mol. The van der Waals surface area contributed by atoms with Gasteiger partial charge in [0.05, 0.1) is 5.69 Å². The molecule has 0 atom stereocenters. The summed E-state index contributed by atoms with van der Waals surface area (Å²) in [5.74, 6) is 0. The second kappa shape index (κ2) is 14.0. The van der Waals surface area contributed by atoms with Gasteiger partial charge in [-0.3, -0.25) is 0 Å². The van der Waals surface area contributed by atoms with Gasteiger partial charge in [-0.2, -0.15) is 0 Å². The van der Waals surface area contributed by atoms with Gasteiger partial charge in [0.2, 0.25) is 0 Å². The zero-order valence-electron chi connectivity index (χ0n) is 31.8. The minimum Gasteiger partial charge on any atom is -0.310 e. The highest BCUT2D eigenvalue weighted by Gasteiger charge is 2.25. The summed E-state index contributed by atoms with van der Waals surface area (Å²) in [6.07, 6.45) is 13.5. The fraction of sp³-hybridized carbons (Fsp3) is 0.0714. The molecule has 11 rings (SSSR count). The van der Waals surface area contributed by atoms with Crippen LogP contribution < -0.4 is 4.90 Å². The molecule has 0 fully saturated rings. The maximum absolute atomic E-state index is 2.50. The number of hydrogen-bond acceptors (Lipinski definition) is 1. The predicted octanol–water partition coefficient (Wildman–Crippen LogP) is 15.5. The lowest BCUT2D eigenvalue weighted by Crippen LogP contribution is -2.12. The summed E-state index contributed by atoms with van der Waals surface area (Å²) in [5.41, 5.74) is 16.5. The fourth-order valence-corrected chi connectivity index (χ4v) is 9.53. The van der Waals surface area contributed by atoms with Gasteiger partial charge in [0.25, 0.3) is 0 Å². The summed E-state index contributed by atoms with van der Waals surface area (Å²) in [5, 5.41) is 7.75. The highest BCUT2D eigenvalue weighted by atomic mass is 15.1. The molecule has 0 amide bonds. The fourth-order valence-electron chi connectivity index (χ4n) is 9.53. The Morgan fingerprint density at radius 2 is 1.07 bits per heavy atom. The lowest BCUT2D eigenvalue weighted by Gasteiger charge is -2.29. The van der Waals surface area contributed by atoms with E-state index in [-0.39, 0.29) is 0 Å². The van der Waals surface area contributed by atoms with Crippen molar-refractivity contribution in [3.8, 4) is 33.4 Å². The molecule has 0 radical (unpaired) electrons. The first-order valence-electron chi connectivity index (χ1n) is 20.3. The van der Waals surface area contributed by atoms with Crippen LogP contribution in [-0.4, -0.2) is 0 Å². The number of nitrogens with zero attached hydrogens (tertiary/aromatic N) is 1. The van der Waals surface area contributed by atoms with Crippen LogP contribution in [0.1, 0.15) is 35.1 Å². The molecule has 0 aromatic heterocycles. The molecule has 9 aromatic rings. The lowest BCUT2D eigenvalue weighted by atomic mass is 9.78. The Kier molecular flexibility index (Phi) is 8.18. The van der Waals surface area contributed by atoms with Gasteiger partial charge >= 0.3 is 0 Å². The normalized spacial score (nSPS) is 13.2. The van der Waals surface area contributed by atoms with E-state index in [2.05, 4.69) is 205 Å². The van der Waals surface area contributed by atoms with Crippen molar-refractivity contribution in [2.75, 3.05) is 4.90 Å². The summed E-state index contributed by atoms with van der Waals surface area (Å²) < 4.78 is 0. The predicted molar refractivity (Wildman–Crippen MR) is 245 cm³/mol. The van der Waals surface area contributed by atoms with Crippen LogP contribution in [0.25, 0.3) is 77.9 Å². The van der Waals surface area contributed by atoms with Gasteiger partial charge in [0.1, 0.15) is 0 Å². The van der Waals surface area contributed by atoms with E-state index in [1.807, 2.05) is 0 Å². The average Bonchev–Trinajstić information content (AvgIpc) is 3.29. The van der Waals surface area contributed by atoms with Crippen LogP contribution >= 0.6 is 0 Å². The number of allylic oxidation sites excluding steroid dienone is 2. The van der Waals surface area contributed by atoms with Crippen molar-refractivity contribution in [3.05, 3.63) is 210 Å². The first kappa shape index (κ1) is 33.4. The zero-order chi connectivity index (χ0) is 37.7. The van der Waals surface area contributed by atoms with Gasteiger partial charge in [-0.15, -0.1) is 0 Å². The SMILES string of the molecule is C1=Cc2ccc(N(c3ccc4c(c3)c3c(c5c(-c6ccccc6)cc(-c6ccccc6)c(-c6ccccc6)c54)C=CCC3)c3cccc4ccccc34)cc2CC1. The van der Waals surface area contributed by atoms with Crippen molar-refractivity contribution in [2.24, 2.45) is 0 Å². The third-order valence-corrected chi connectivity index (χ3v) is 12.1. The quantitative estimate of drug-likeness (QED) is 0.154. The average molecular weight is 728 g/mol. The second-order valence-corrected chi connectivity index (χ2v) is 15.4.